The van der Waals surface area contributed by atoms with Crippen molar-refractivity contribution in [2.75, 3.05) is 0 Å². The van der Waals surface area contributed by atoms with Crippen LogP contribution in [0.4, 0.5) is 5.69 Å². The van der Waals surface area contributed by atoms with Gasteiger partial charge in [-0.3, -0.25) is 14.9 Å². The maximum atomic E-state index is 12.0. The van der Waals surface area contributed by atoms with Crippen molar-refractivity contribution in [1.29, 1.82) is 0 Å². The van der Waals surface area contributed by atoms with Gasteiger partial charge in [-0.05, 0) is 23.3 Å². The molecule has 8 nitrogen and oxygen atoms in total. The van der Waals surface area contributed by atoms with Crippen LogP contribution in [0.1, 0.15) is 16.7 Å². The second-order valence-corrected chi connectivity index (χ2v) is 5.78. The molecule has 1 aromatic heterocycles. The van der Waals surface area contributed by atoms with Crippen molar-refractivity contribution in [2.45, 2.75) is 13.1 Å². The van der Waals surface area contributed by atoms with Gasteiger partial charge < -0.3 is 5.32 Å². The Balaban J connectivity index is 1.54. The Morgan fingerprint density at radius 3 is 2.59 bits per heavy atom. The number of amides is 1. The van der Waals surface area contributed by atoms with Crippen molar-refractivity contribution in [1.82, 2.24) is 20.1 Å². The Hall–Kier alpha value is -3.81. The van der Waals surface area contributed by atoms with Crippen LogP contribution in [0.2, 0.25) is 0 Å². The van der Waals surface area contributed by atoms with Gasteiger partial charge in [-0.2, -0.15) is 5.10 Å². The van der Waals surface area contributed by atoms with Crippen LogP contribution < -0.4 is 5.32 Å². The molecule has 1 heterocycles. The van der Waals surface area contributed by atoms with Crippen LogP contribution >= 0.6 is 0 Å². The van der Waals surface area contributed by atoms with Gasteiger partial charge in [0.25, 0.3) is 5.69 Å². The molecule has 3 aromatic rings. The van der Waals surface area contributed by atoms with Crippen LogP contribution in [0, 0.1) is 10.1 Å². The first-order valence-corrected chi connectivity index (χ1v) is 8.21. The van der Waals surface area contributed by atoms with Crippen molar-refractivity contribution >= 4 is 17.7 Å². The third-order valence-corrected chi connectivity index (χ3v) is 3.85. The highest BCUT2D eigenvalue weighted by atomic mass is 16.6. The maximum absolute atomic E-state index is 12.0. The molecule has 136 valence electrons. The number of nitro groups is 1. The minimum atomic E-state index is -0.474. The molecular weight excluding hydrogens is 346 g/mol. The van der Waals surface area contributed by atoms with Crippen molar-refractivity contribution in [3.63, 3.8) is 0 Å². The van der Waals surface area contributed by atoms with Gasteiger partial charge in [0.15, 0.2) is 0 Å². The molecule has 0 aliphatic rings. The minimum absolute atomic E-state index is 0.0375. The number of carbonyl (C=O) groups is 1. The third-order valence-electron chi connectivity index (χ3n) is 3.85. The summed E-state index contributed by atoms with van der Waals surface area (Å²) in [6, 6.07) is 14.1. The fourth-order valence-electron chi connectivity index (χ4n) is 2.47. The molecule has 0 radical (unpaired) electrons. The van der Waals surface area contributed by atoms with Crippen molar-refractivity contribution in [2.24, 2.45) is 0 Å². The van der Waals surface area contributed by atoms with E-state index in [4.69, 9.17) is 0 Å². The summed E-state index contributed by atoms with van der Waals surface area (Å²) in [4.78, 5) is 26.4. The number of hydrogen-bond donors (Lipinski definition) is 1. The third kappa shape index (κ3) is 5.08. The summed E-state index contributed by atoms with van der Waals surface area (Å²) >= 11 is 0. The van der Waals surface area contributed by atoms with Gasteiger partial charge in [0.1, 0.15) is 12.7 Å². The van der Waals surface area contributed by atoms with E-state index in [1.165, 1.54) is 24.5 Å². The van der Waals surface area contributed by atoms with E-state index in [9.17, 15) is 14.9 Å². The van der Waals surface area contributed by atoms with Crippen LogP contribution in [-0.4, -0.2) is 25.6 Å². The summed E-state index contributed by atoms with van der Waals surface area (Å²) in [5.74, 6) is -0.320. The average Bonchev–Trinajstić information content (AvgIpc) is 3.19. The zero-order valence-corrected chi connectivity index (χ0v) is 14.4. The molecule has 0 bridgehead atoms. The quantitative estimate of drug-likeness (QED) is 0.395. The summed E-state index contributed by atoms with van der Waals surface area (Å²) < 4.78 is 1.73. The predicted octanol–water partition coefficient (Wildman–Crippen LogP) is 2.56. The van der Waals surface area contributed by atoms with Crippen molar-refractivity contribution in [3.8, 4) is 0 Å². The molecule has 27 heavy (non-hydrogen) atoms. The van der Waals surface area contributed by atoms with E-state index >= 15 is 0 Å². The molecule has 0 fully saturated rings. The molecule has 0 aliphatic carbocycles. The number of hydrogen-bond acceptors (Lipinski definition) is 5. The molecule has 0 atom stereocenters. The topological polar surface area (TPSA) is 103 Å². The Morgan fingerprint density at radius 1 is 1.15 bits per heavy atom. The van der Waals surface area contributed by atoms with Crippen LogP contribution in [0.15, 0.2) is 67.3 Å². The van der Waals surface area contributed by atoms with Gasteiger partial charge in [-0.1, -0.05) is 36.4 Å². The van der Waals surface area contributed by atoms with E-state index in [-0.39, 0.29) is 11.6 Å². The minimum Gasteiger partial charge on any atom is -0.348 e. The normalized spacial score (nSPS) is 10.8. The van der Waals surface area contributed by atoms with Gasteiger partial charge in [-0.25, -0.2) is 9.67 Å². The molecule has 0 spiro atoms. The van der Waals surface area contributed by atoms with Crippen molar-refractivity contribution in [3.05, 3.63) is 94.1 Å². The van der Waals surface area contributed by atoms with E-state index in [2.05, 4.69) is 15.4 Å². The molecule has 1 N–H and O–H groups in total. The number of benzene rings is 2. The lowest BCUT2D eigenvalue weighted by Crippen LogP contribution is -2.20. The van der Waals surface area contributed by atoms with E-state index in [1.807, 2.05) is 24.3 Å². The fraction of sp³-hybridized carbons (Fsp3) is 0.105. The smallest absolute Gasteiger partial charge is 0.276 e. The Labute approximate surface area is 155 Å². The lowest BCUT2D eigenvalue weighted by atomic mass is 10.1. The zero-order chi connectivity index (χ0) is 19.1. The number of nitrogens with zero attached hydrogens (tertiary/aromatic N) is 4. The van der Waals surface area contributed by atoms with Crippen molar-refractivity contribution < 1.29 is 9.72 Å². The molecular formula is C19H17N5O3. The summed E-state index contributed by atoms with van der Waals surface area (Å²) in [5, 5.41) is 17.8. The highest BCUT2D eigenvalue weighted by Gasteiger charge is 2.09. The number of aromatic nitrogens is 3. The standard InChI is InChI=1S/C19H17N5O3/c25-19(10-9-17-3-1-2-4-18(17)24(26)27)21-11-15-5-7-16(8-6-15)12-23-14-20-13-22-23/h1-10,13-14H,11-12H2,(H,21,25)/b10-9+. The lowest BCUT2D eigenvalue weighted by molar-refractivity contribution is -0.385. The summed E-state index contributed by atoms with van der Waals surface area (Å²) in [5.41, 5.74) is 2.37. The van der Waals surface area contributed by atoms with Gasteiger partial charge in [0.05, 0.1) is 17.0 Å². The number of nitro benzene ring substituents is 1. The molecule has 1 amide bonds. The molecule has 8 heteroatoms. The number of para-hydroxylation sites is 1. The monoisotopic (exact) mass is 363 g/mol. The van der Waals surface area contributed by atoms with Gasteiger partial charge in [0.2, 0.25) is 5.91 Å². The van der Waals surface area contributed by atoms with Crippen LogP contribution in [0.3, 0.4) is 0 Å². The van der Waals surface area contributed by atoms with Crippen LogP contribution in [-0.2, 0) is 17.9 Å². The second kappa shape index (κ2) is 8.52. The molecule has 0 unspecified atom stereocenters. The zero-order valence-electron chi connectivity index (χ0n) is 14.4. The molecule has 3 rings (SSSR count). The molecule has 0 aliphatic heterocycles. The molecule has 2 aromatic carbocycles. The van der Waals surface area contributed by atoms with E-state index in [1.54, 1.807) is 29.2 Å². The van der Waals surface area contributed by atoms with Gasteiger partial charge in [-0.15, -0.1) is 0 Å². The Bertz CT molecular complexity index is 950. The first-order valence-electron chi connectivity index (χ1n) is 8.21. The van der Waals surface area contributed by atoms with E-state index < -0.39 is 4.92 Å². The van der Waals surface area contributed by atoms with Crippen LogP contribution in [0.25, 0.3) is 6.08 Å². The van der Waals surface area contributed by atoms with E-state index in [0.29, 0.717) is 18.7 Å². The van der Waals surface area contributed by atoms with Gasteiger partial charge >= 0.3 is 0 Å². The second-order valence-electron chi connectivity index (χ2n) is 5.78. The highest BCUT2D eigenvalue weighted by molar-refractivity contribution is 5.92. The largest absolute Gasteiger partial charge is 0.348 e. The summed E-state index contributed by atoms with van der Waals surface area (Å²) in [6.45, 7) is 0.995. The first kappa shape index (κ1) is 18.0. The first-order chi connectivity index (χ1) is 13.1. The lowest BCUT2D eigenvalue weighted by Gasteiger charge is -2.05. The summed E-state index contributed by atoms with van der Waals surface area (Å²) in [7, 11) is 0. The Kier molecular flexibility index (Phi) is 5.68. The van der Waals surface area contributed by atoms with E-state index in [0.717, 1.165) is 11.1 Å². The fourth-order valence-corrected chi connectivity index (χ4v) is 2.47. The predicted molar refractivity (Wildman–Crippen MR) is 99.5 cm³/mol. The number of nitrogens with one attached hydrogen (secondary N) is 1. The number of rotatable bonds is 7. The number of carbonyl (C=O) groups excluding carboxylic acids is 1. The van der Waals surface area contributed by atoms with Crippen LogP contribution in [0.5, 0.6) is 0 Å². The highest BCUT2D eigenvalue weighted by Crippen LogP contribution is 2.18. The Morgan fingerprint density at radius 2 is 1.89 bits per heavy atom. The molecule has 0 saturated heterocycles. The maximum Gasteiger partial charge on any atom is 0.276 e. The SMILES string of the molecule is O=C(/C=C/c1ccccc1[N+](=O)[O-])NCc1ccc(Cn2cncn2)cc1. The molecule has 0 saturated carbocycles. The van der Waals surface area contributed by atoms with Gasteiger partial charge in [0, 0.05) is 18.7 Å². The summed E-state index contributed by atoms with van der Waals surface area (Å²) in [6.07, 6.45) is 5.87. The average molecular weight is 363 g/mol.